The van der Waals surface area contributed by atoms with Crippen LogP contribution < -0.4 is 5.73 Å². The smallest absolute Gasteiger partial charge is 0.103 e. The van der Waals surface area contributed by atoms with E-state index in [-0.39, 0.29) is 0 Å². The largest absolute Gasteiger partial charge is 0.397 e. The van der Waals surface area contributed by atoms with Gasteiger partial charge in [-0.3, -0.25) is 4.98 Å². The van der Waals surface area contributed by atoms with Gasteiger partial charge in [0.25, 0.3) is 0 Å². The number of pyridine rings is 1. The molecule has 0 aliphatic carbocycles. The van der Waals surface area contributed by atoms with Crippen molar-refractivity contribution in [3.05, 3.63) is 48.3 Å². The summed E-state index contributed by atoms with van der Waals surface area (Å²) in [5, 5.41) is 8.82. The van der Waals surface area contributed by atoms with E-state index in [1.54, 1.807) is 6.20 Å². The molecule has 15 heavy (non-hydrogen) atoms. The zero-order valence-electron chi connectivity index (χ0n) is 8.01. The molecule has 0 unspecified atom stereocenters. The molecule has 3 nitrogen and oxygen atoms in total. The Bertz CT molecular complexity index is 512. The van der Waals surface area contributed by atoms with Crippen LogP contribution in [0.1, 0.15) is 5.56 Å². The van der Waals surface area contributed by atoms with Gasteiger partial charge in [-0.15, -0.1) is 0 Å². The van der Waals surface area contributed by atoms with Gasteiger partial charge in [0.15, 0.2) is 0 Å². The Labute approximate surface area is 87.8 Å². The maximum absolute atomic E-state index is 8.82. The summed E-state index contributed by atoms with van der Waals surface area (Å²) in [6.07, 6.45) is 3.15. The molecule has 2 rings (SSSR count). The third kappa shape index (κ3) is 1.65. The van der Waals surface area contributed by atoms with E-state index < -0.39 is 0 Å². The van der Waals surface area contributed by atoms with Gasteiger partial charge in [0, 0.05) is 18.0 Å². The van der Waals surface area contributed by atoms with Crippen molar-refractivity contribution < 1.29 is 0 Å². The second-order valence-electron chi connectivity index (χ2n) is 3.13. The molecule has 0 fully saturated rings. The number of nitriles is 1. The first kappa shape index (κ1) is 9.22. The monoisotopic (exact) mass is 195 g/mol. The maximum Gasteiger partial charge on any atom is 0.103 e. The van der Waals surface area contributed by atoms with Crippen LogP contribution in [0.25, 0.3) is 11.1 Å². The number of anilines is 1. The van der Waals surface area contributed by atoms with Crippen LogP contribution >= 0.6 is 0 Å². The highest BCUT2D eigenvalue weighted by Crippen LogP contribution is 2.26. The lowest BCUT2D eigenvalue weighted by Crippen LogP contribution is -1.95. The summed E-state index contributed by atoms with van der Waals surface area (Å²) in [6, 6.07) is 11.7. The van der Waals surface area contributed by atoms with Crippen molar-refractivity contribution in [3.8, 4) is 17.2 Å². The molecule has 72 valence electrons. The number of benzene rings is 1. The first-order chi connectivity index (χ1) is 7.33. The molecule has 0 saturated heterocycles. The fourth-order valence-electron chi connectivity index (χ4n) is 1.41. The Balaban J connectivity index is 2.61. The van der Waals surface area contributed by atoms with Crippen molar-refractivity contribution >= 4 is 5.69 Å². The molecule has 0 atom stereocenters. The summed E-state index contributed by atoms with van der Waals surface area (Å²) >= 11 is 0. The van der Waals surface area contributed by atoms with Crippen molar-refractivity contribution in [2.75, 3.05) is 5.73 Å². The van der Waals surface area contributed by atoms with Crippen molar-refractivity contribution in [1.82, 2.24) is 4.98 Å². The van der Waals surface area contributed by atoms with Crippen molar-refractivity contribution in [1.29, 1.82) is 5.26 Å². The summed E-state index contributed by atoms with van der Waals surface area (Å²) in [7, 11) is 0. The second kappa shape index (κ2) is 3.81. The van der Waals surface area contributed by atoms with Crippen LogP contribution in [0.2, 0.25) is 0 Å². The molecule has 3 heteroatoms. The molecule has 0 aliphatic heterocycles. The number of nitrogen functional groups attached to an aromatic ring is 1. The number of rotatable bonds is 1. The molecule has 0 bridgehead atoms. The van der Waals surface area contributed by atoms with Crippen LogP contribution in [0, 0.1) is 11.3 Å². The third-order valence-corrected chi connectivity index (χ3v) is 2.19. The number of hydrogen-bond donors (Lipinski definition) is 1. The summed E-state index contributed by atoms with van der Waals surface area (Å²) in [5.41, 5.74) is 8.53. The fraction of sp³-hybridized carbons (Fsp3) is 0. The molecule has 1 aromatic carbocycles. The Hall–Kier alpha value is -2.34. The maximum atomic E-state index is 8.82. The molecule has 2 aromatic rings. The Morgan fingerprint density at radius 2 is 1.87 bits per heavy atom. The molecule has 0 radical (unpaired) electrons. The van der Waals surface area contributed by atoms with Gasteiger partial charge in [0.05, 0.1) is 11.3 Å². The topological polar surface area (TPSA) is 62.7 Å². The molecule has 1 aromatic heterocycles. The minimum Gasteiger partial charge on any atom is -0.397 e. The first-order valence-electron chi connectivity index (χ1n) is 4.52. The summed E-state index contributed by atoms with van der Waals surface area (Å²) in [4.78, 5) is 3.99. The number of nitrogens with zero attached hydrogens (tertiary/aromatic N) is 2. The van der Waals surface area contributed by atoms with Crippen LogP contribution in [0.3, 0.4) is 0 Å². The second-order valence-corrected chi connectivity index (χ2v) is 3.13. The van der Waals surface area contributed by atoms with Gasteiger partial charge < -0.3 is 5.73 Å². The average molecular weight is 195 g/mol. The number of aromatic nitrogens is 1. The van der Waals surface area contributed by atoms with Crippen molar-refractivity contribution in [2.45, 2.75) is 0 Å². The SMILES string of the molecule is N#Cc1cncc(-c2ccccc2)c1N. The minimum atomic E-state index is 0.413. The normalized spacial score (nSPS) is 9.53. The quantitative estimate of drug-likeness (QED) is 0.758. The van der Waals surface area contributed by atoms with Crippen LogP contribution in [0.4, 0.5) is 5.69 Å². The third-order valence-electron chi connectivity index (χ3n) is 2.19. The number of nitrogens with two attached hydrogens (primary N) is 1. The lowest BCUT2D eigenvalue weighted by molar-refractivity contribution is 1.30. The molecule has 1 heterocycles. The Morgan fingerprint density at radius 3 is 2.53 bits per heavy atom. The van der Waals surface area contributed by atoms with E-state index in [4.69, 9.17) is 11.0 Å². The molecule has 0 saturated carbocycles. The lowest BCUT2D eigenvalue weighted by atomic mass is 10.0. The molecule has 0 aliphatic rings. The molecule has 0 spiro atoms. The van der Waals surface area contributed by atoms with Gasteiger partial charge in [-0.1, -0.05) is 30.3 Å². The summed E-state index contributed by atoms with van der Waals surface area (Å²) < 4.78 is 0. The highest BCUT2D eigenvalue weighted by molar-refractivity contribution is 5.79. The highest BCUT2D eigenvalue weighted by atomic mass is 14.7. The molecule has 2 N–H and O–H groups in total. The van der Waals surface area contributed by atoms with Gasteiger partial charge in [-0.2, -0.15) is 5.26 Å². The van der Waals surface area contributed by atoms with Crippen molar-refractivity contribution in [3.63, 3.8) is 0 Å². The van der Waals surface area contributed by atoms with E-state index in [0.717, 1.165) is 11.1 Å². The van der Waals surface area contributed by atoms with Crippen LogP contribution in [-0.2, 0) is 0 Å². The van der Waals surface area contributed by atoms with E-state index in [0.29, 0.717) is 11.3 Å². The molecular weight excluding hydrogens is 186 g/mol. The molecular formula is C12H9N3. The van der Waals surface area contributed by atoms with E-state index in [9.17, 15) is 0 Å². The Morgan fingerprint density at radius 1 is 1.13 bits per heavy atom. The summed E-state index contributed by atoms with van der Waals surface area (Å²) in [6.45, 7) is 0. The van der Waals surface area contributed by atoms with Crippen LogP contribution in [0.15, 0.2) is 42.7 Å². The fourth-order valence-corrected chi connectivity index (χ4v) is 1.41. The van der Waals surface area contributed by atoms with Gasteiger partial charge >= 0.3 is 0 Å². The summed E-state index contributed by atoms with van der Waals surface area (Å²) in [5.74, 6) is 0. The lowest BCUT2D eigenvalue weighted by Gasteiger charge is -2.05. The van der Waals surface area contributed by atoms with Crippen LogP contribution in [0.5, 0.6) is 0 Å². The van der Waals surface area contributed by atoms with Gasteiger partial charge in [-0.25, -0.2) is 0 Å². The van der Waals surface area contributed by atoms with E-state index >= 15 is 0 Å². The number of hydrogen-bond acceptors (Lipinski definition) is 3. The van der Waals surface area contributed by atoms with E-state index in [1.165, 1.54) is 6.20 Å². The average Bonchev–Trinajstić information content (AvgIpc) is 2.30. The van der Waals surface area contributed by atoms with Gasteiger partial charge in [0.1, 0.15) is 6.07 Å². The Kier molecular flexibility index (Phi) is 2.34. The minimum absolute atomic E-state index is 0.413. The van der Waals surface area contributed by atoms with Gasteiger partial charge in [0.2, 0.25) is 0 Å². The predicted octanol–water partition coefficient (Wildman–Crippen LogP) is 2.20. The molecule has 0 amide bonds. The highest BCUT2D eigenvalue weighted by Gasteiger charge is 2.06. The zero-order chi connectivity index (χ0) is 10.7. The van der Waals surface area contributed by atoms with Gasteiger partial charge in [-0.05, 0) is 5.56 Å². The first-order valence-corrected chi connectivity index (χ1v) is 4.52. The van der Waals surface area contributed by atoms with E-state index in [1.807, 2.05) is 36.4 Å². The standard InChI is InChI=1S/C12H9N3/c13-6-10-7-15-8-11(12(10)14)9-4-2-1-3-5-9/h1-5,7-8H,(H2,14,15). The van der Waals surface area contributed by atoms with E-state index in [2.05, 4.69) is 4.98 Å². The predicted molar refractivity (Wildman–Crippen MR) is 58.8 cm³/mol. The van der Waals surface area contributed by atoms with Crippen molar-refractivity contribution in [2.24, 2.45) is 0 Å². The van der Waals surface area contributed by atoms with Crippen LogP contribution in [-0.4, -0.2) is 4.98 Å². The zero-order valence-corrected chi connectivity index (χ0v) is 8.01.